The first-order valence-corrected chi connectivity index (χ1v) is 10.4. The van der Waals surface area contributed by atoms with Gasteiger partial charge < -0.3 is 14.5 Å². The van der Waals surface area contributed by atoms with Crippen LogP contribution < -0.4 is 10.1 Å². The third kappa shape index (κ3) is 4.27. The normalized spacial score (nSPS) is 13.1. The summed E-state index contributed by atoms with van der Waals surface area (Å²) in [5.74, 6) is -0.325. The Bertz CT molecular complexity index is 1270. The molecule has 1 N–H and O–H groups in total. The van der Waals surface area contributed by atoms with Gasteiger partial charge in [0.05, 0.1) is 19.1 Å². The summed E-state index contributed by atoms with van der Waals surface area (Å²) in [4.78, 5) is 24.0. The molecule has 164 valence electrons. The fraction of sp³-hybridized carbons (Fsp3) is 0.240. The molecule has 0 unspecified atom stereocenters. The quantitative estimate of drug-likeness (QED) is 0.304. The van der Waals surface area contributed by atoms with E-state index in [4.69, 9.17) is 9.15 Å². The van der Waals surface area contributed by atoms with E-state index in [1.54, 1.807) is 19.2 Å². The first-order valence-electron chi connectivity index (χ1n) is 10.4. The summed E-state index contributed by atoms with van der Waals surface area (Å²) in [6.07, 6.45) is -0.0148. The molecule has 0 aliphatic carbocycles. The molecule has 0 radical (unpaired) electrons. The van der Waals surface area contributed by atoms with E-state index in [-0.39, 0.29) is 29.8 Å². The Morgan fingerprint density at radius 2 is 1.81 bits per heavy atom. The number of furan rings is 1. The number of fused-ring (bicyclic) bond motifs is 3. The van der Waals surface area contributed by atoms with Gasteiger partial charge in [-0.05, 0) is 30.2 Å². The zero-order valence-corrected chi connectivity index (χ0v) is 17.9. The Balaban J connectivity index is 1.70. The van der Waals surface area contributed by atoms with Gasteiger partial charge in [-0.2, -0.15) is 0 Å². The van der Waals surface area contributed by atoms with Gasteiger partial charge in [0, 0.05) is 22.1 Å². The Labute approximate surface area is 185 Å². The van der Waals surface area contributed by atoms with Crippen LogP contribution in [0.4, 0.5) is 0 Å². The van der Waals surface area contributed by atoms with Crippen LogP contribution in [0.25, 0.3) is 21.9 Å². The number of rotatable bonds is 8. The highest BCUT2D eigenvalue weighted by molar-refractivity contribution is 6.09. The van der Waals surface area contributed by atoms with Crippen LogP contribution in [0, 0.1) is 10.1 Å². The fourth-order valence-electron chi connectivity index (χ4n) is 4.13. The second-order valence-corrected chi connectivity index (χ2v) is 7.78. The molecule has 0 aliphatic heterocycles. The molecule has 1 heterocycles. The lowest BCUT2D eigenvalue weighted by atomic mass is 9.91. The summed E-state index contributed by atoms with van der Waals surface area (Å²) in [6.45, 7) is 1.53. The number of nitro groups is 1. The molecule has 4 rings (SSSR count). The molecule has 7 nitrogen and oxygen atoms in total. The Morgan fingerprint density at radius 3 is 2.53 bits per heavy atom. The summed E-state index contributed by atoms with van der Waals surface area (Å²) in [5.41, 5.74) is 2.86. The minimum atomic E-state index is -0.623. The van der Waals surface area contributed by atoms with E-state index in [1.807, 2.05) is 61.5 Å². The summed E-state index contributed by atoms with van der Waals surface area (Å²) >= 11 is 0. The summed E-state index contributed by atoms with van der Waals surface area (Å²) in [7, 11) is 1.55. The molecule has 0 spiro atoms. The molecule has 3 aromatic carbocycles. The van der Waals surface area contributed by atoms with Crippen molar-refractivity contribution in [3.05, 3.63) is 88.0 Å². The minimum absolute atomic E-state index is 0.0148. The van der Waals surface area contributed by atoms with E-state index >= 15 is 0 Å². The third-order valence-electron chi connectivity index (χ3n) is 5.66. The highest BCUT2D eigenvalue weighted by atomic mass is 16.6. The first-order chi connectivity index (χ1) is 15.5. The largest absolute Gasteiger partial charge is 0.493 e. The van der Waals surface area contributed by atoms with Crippen molar-refractivity contribution < 1.29 is 18.9 Å². The van der Waals surface area contributed by atoms with E-state index in [0.29, 0.717) is 22.5 Å². The van der Waals surface area contributed by atoms with Gasteiger partial charge in [-0.1, -0.05) is 54.6 Å². The first kappa shape index (κ1) is 21.4. The van der Waals surface area contributed by atoms with Crippen molar-refractivity contribution >= 4 is 27.8 Å². The van der Waals surface area contributed by atoms with Crippen LogP contribution in [0.1, 0.15) is 36.4 Å². The molecule has 0 bridgehead atoms. The van der Waals surface area contributed by atoms with E-state index < -0.39 is 5.92 Å². The number of nitrogens with zero attached hydrogens (tertiary/aromatic N) is 1. The molecule has 0 aliphatic rings. The number of carbonyl (C=O) groups is 1. The molecule has 4 aromatic rings. The molecule has 1 aromatic heterocycles. The van der Waals surface area contributed by atoms with Crippen molar-refractivity contribution in [2.24, 2.45) is 0 Å². The number of hydrogen-bond acceptors (Lipinski definition) is 5. The summed E-state index contributed by atoms with van der Waals surface area (Å²) in [6, 6.07) is 20.4. The van der Waals surface area contributed by atoms with E-state index in [2.05, 4.69) is 5.32 Å². The summed E-state index contributed by atoms with van der Waals surface area (Å²) in [5, 5.41) is 16.0. The SMILES string of the molecule is COc1ccc([C@@H](CC(=O)N[C@H](C)c2ccccc2)C[N+](=O)[O-])c2c1oc1ccccc12. The van der Waals surface area contributed by atoms with Gasteiger partial charge in [0.25, 0.3) is 0 Å². The minimum Gasteiger partial charge on any atom is -0.493 e. The predicted molar refractivity (Wildman–Crippen MR) is 122 cm³/mol. The average molecular weight is 432 g/mol. The molecule has 0 saturated heterocycles. The summed E-state index contributed by atoms with van der Waals surface area (Å²) < 4.78 is 11.5. The second-order valence-electron chi connectivity index (χ2n) is 7.78. The van der Waals surface area contributed by atoms with Crippen molar-refractivity contribution in [1.82, 2.24) is 5.32 Å². The number of amides is 1. The molecule has 0 fully saturated rings. The van der Waals surface area contributed by atoms with E-state index in [9.17, 15) is 14.9 Å². The number of para-hydroxylation sites is 1. The van der Waals surface area contributed by atoms with Crippen molar-refractivity contribution in [2.75, 3.05) is 13.7 Å². The van der Waals surface area contributed by atoms with E-state index in [0.717, 1.165) is 16.3 Å². The Morgan fingerprint density at radius 1 is 1.09 bits per heavy atom. The van der Waals surface area contributed by atoms with Crippen molar-refractivity contribution in [3.8, 4) is 5.75 Å². The maximum absolute atomic E-state index is 12.9. The lowest BCUT2D eigenvalue weighted by Crippen LogP contribution is -2.29. The van der Waals surface area contributed by atoms with Crippen LogP contribution in [0.3, 0.4) is 0 Å². The second kappa shape index (κ2) is 9.09. The number of ether oxygens (including phenoxy) is 1. The standard InChI is InChI=1S/C25H24N2O5/c1-16(17-8-4-3-5-9-17)26-23(28)14-18(15-27(29)30)19-12-13-22(31-2)25-24(19)20-10-6-7-11-21(20)32-25/h3-13,16,18H,14-15H2,1-2H3,(H,26,28)/t16-,18+/m1/s1. The molecule has 32 heavy (non-hydrogen) atoms. The van der Waals surface area contributed by atoms with Gasteiger partial charge in [0.2, 0.25) is 12.5 Å². The smallest absolute Gasteiger partial charge is 0.221 e. The maximum atomic E-state index is 12.9. The zero-order valence-electron chi connectivity index (χ0n) is 17.9. The van der Waals surface area contributed by atoms with Crippen molar-refractivity contribution in [3.63, 3.8) is 0 Å². The number of benzene rings is 3. The fourth-order valence-corrected chi connectivity index (χ4v) is 4.13. The van der Waals surface area contributed by atoms with Gasteiger partial charge >= 0.3 is 0 Å². The molecular weight excluding hydrogens is 408 g/mol. The highest BCUT2D eigenvalue weighted by Crippen LogP contribution is 2.40. The number of methoxy groups -OCH3 is 1. The van der Waals surface area contributed by atoms with Crippen molar-refractivity contribution in [2.45, 2.75) is 25.3 Å². The molecular formula is C25H24N2O5. The van der Waals surface area contributed by atoms with Crippen LogP contribution in [0.5, 0.6) is 5.75 Å². The van der Waals surface area contributed by atoms with Crippen LogP contribution >= 0.6 is 0 Å². The maximum Gasteiger partial charge on any atom is 0.221 e. The molecule has 1 amide bonds. The monoisotopic (exact) mass is 432 g/mol. The predicted octanol–water partition coefficient (Wildman–Crippen LogP) is 5.22. The van der Waals surface area contributed by atoms with Gasteiger partial charge in [0.15, 0.2) is 11.3 Å². The Kier molecular flexibility index (Phi) is 6.07. The number of hydrogen-bond donors (Lipinski definition) is 1. The van der Waals surface area contributed by atoms with E-state index in [1.165, 1.54) is 0 Å². The molecule has 0 saturated carbocycles. The van der Waals surface area contributed by atoms with Crippen LogP contribution in [0.2, 0.25) is 0 Å². The van der Waals surface area contributed by atoms with Gasteiger partial charge in [-0.25, -0.2) is 0 Å². The average Bonchev–Trinajstić information content (AvgIpc) is 3.18. The number of carbonyl (C=O) groups excluding carboxylic acids is 1. The molecule has 7 heteroatoms. The van der Waals surface area contributed by atoms with Crippen LogP contribution in [-0.4, -0.2) is 24.5 Å². The van der Waals surface area contributed by atoms with Crippen LogP contribution in [0.15, 0.2) is 71.1 Å². The highest BCUT2D eigenvalue weighted by Gasteiger charge is 2.27. The lowest BCUT2D eigenvalue weighted by Gasteiger charge is -2.18. The third-order valence-corrected chi connectivity index (χ3v) is 5.66. The van der Waals surface area contributed by atoms with Crippen molar-refractivity contribution in [1.29, 1.82) is 0 Å². The Hall–Kier alpha value is -3.87. The van der Waals surface area contributed by atoms with Gasteiger partial charge in [-0.15, -0.1) is 0 Å². The van der Waals surface area contributed by atoms with Gasteiger partial charge in [-0.3, -0.25) is 14.9 Å². The number of nitrogens with one attached hydrogen (secondary N) is 1. The topological polar surface area (TPSA) is 94.6 Å². The zero-order chi connectivity index (χ0) is 22.7. The molecule has 2 atom stereocenters. The van der Waals surface area contributed by atoms with Gasteiger partial charge in [0.1, 0.15) is 5.58 Å². The van der Waals surface area contributed by atoms with Crippen LogP contribution in [-0.2, 0) is 4.79 Å². The lowest BCUT2D eigenvalue weighted by molar-refractivity contribution is -0.483.